The van der Waals surface area contributed by atoms with Gasteiger partial charge in [-0.15, -0.1) is 0 Å². The van der Waals surface area contributed by atoms with E-state index in [0.29, 0.717) is 30.6 Å². The summed E-state index contributed by atoms with van der Waals surface area (Å²) in [5.74, 6) is -0.805. The van der Waals surface area contributed by atoms with Crippen molar-refractivity contribution >= 4 is 11.8 Å². The highest BCUT2D eigenvalue weighted by Crippen LogP contribution is 2.07. The summed E-state index contributed by atoms with van der Waals surface area (Å²) >= 11 is 0. The van der Waals surface area contributed by atoms with E-state index in [1.54, 1.807) is 54.9 Å². The van der Waals surface area contributed by atoms with Crippen molar-refractivity contribution in [2.45, 2.75) is 13.0 Å². The summed E-state index contributed by atoms with van der Waals surface area (Å²) in [6, 6.07) is 16.4. The Kier molecular flexibility index (Phi) is 6.46. The third-order valence-electron chi connectivity index (χ3n) is 4.18. The maximum Gasteiger partial charge on any atom is 0.251 e. The smallest absolute Gasteiger partial charge is 0.251 e. The van der Waals surface area contributed by atoms with Gasteiger partial charge in [0.05, 0.1) is 0 Å². The van der Waals surface area contributed by atoms with Gasteiger partial charge < -0.3 is 10.6 Å². The zero-order valence-corrected chi connectivity index (χ0v) is 15.2. The van der Waals surface area contributed by atoms with Crippen molar-refractivity contribution in [2.24, 2.45) is 0 Å². The Labute approximate surface area is 162 Å². The van der Waals surface area contributed by atoms with Gasteiger partial charge in [-0.1, -0.05) is 24.3 Å². The number of benzene rings is 2. The second-order valence-electron chi connectivity index (χ2n) is 6.26. The molecule has 0 aliphatic carbocycles. The minimum atomic E-state index is -0.286. The van der Waals surface area contributed by atoms with E-state index in [9.17, 15) is 14.0 Å². The molecule has 0 saturated heterocycles. The van der Waals surface area contributed by atoms with E-state index in [0.717, 1.165) is 11.1 Å². The summed E-state index contributed by atoms with van der Waals surface area (Å²) in [6.07, 6.45) is 3.95. The number of nitrogens with one attached hydrogen (secondary N) is 2. The van der Waals surface area contributed by atoms with E-state index < -0.39 is 0 Å². The van der Waals surface area contributed by atoms with Crippen LogP contribution < -0.4 is 10.6 Å². The molecular formula is C22H20FN3O2. The van der Waals surface area contributed by atoms with Crippen LogP contribution in [0.15, 0.2) is 73.1 Å². The van der Waals surface area contributed by atoms with Gasteiger partial charge in [-0.2, -0.15) is 0 Å². The topological polar surface area (TPSA) is 71.1 Å². The Morgan fingerprint density at radius 3 is 2.25 bits per heavy atom. The standard InChI is InChI=1S/C22H20FN3O2/c23-20-8-6-16(7-9-20)10-12-25-21(27)18-4-1-5-19(13-18)22(28)26-15-17-3-2-11-24-14-17/h1-9,11,13-14H,10,12,15H2,(H,25,27)(H,26,28). The number of carbonyl (C=O) groups is 2. The van der Waals surface area contributed by atoms with Gasteiger partial charge in [-0.05, 0) is 53.9 Å². The van der Waals surface area contributed by atoms with Gasteiger partial charge in [0.1, 0.15) is 5.82 Å². The maximum atomic E-state index is 12.9. The van der Waals surface area contributed by atoms with Crippen LogP contribution in [0.4, 0.5) is 4.39 Å². The van der Waals surface area contributed by atoms with Crippen molar-refractivity contribution in [3.05, 3.63) is 101 Å². The molecule has 2 N–H and O–H groups in total. The van der Waals surface area contributed by atoms with Gasteiger partial charge in [-0.25, -0.2) is 4.39 Å². The molecule has 3 aromatic rings. The quantitative estimate of drug-likeness (QED) is 0.665. The summed E-state index contributed by atoms with van der Waals surface area (Å²) in [7, 11) is 0. The van der Waals surface area contributed by atoms with Crippen LogP contribution in [0, 0.1) is 5.82 Å². The fraction of sp³-hybridized carbons (Fsp3) is 0.136. The van der Waals surface area contributed by atoms with Crippen LogP contribution >= 0.6 is 0 Å². The minimum Gasteiger partial charge on any atom is -0.352 e. The monoisotopic (exact) mass is 377 g/mol. The lowest BCUT2D eigenvalue weighted by Gasteiger charge is -2.08. The Hall–Kier alpha value is -3.54. The lowest BCUT2D eigenvalue weighted by molar-refractivity contribution is 0.0950. The SMILES string of the molecule is O=C(NCCc1ccc(F)cc1)c1cccc(C(=O)NCc2cccnc2)c1. The molecule has 0 fully saturated rings. The first-order valence-electron chi connectivity index (χ1n) is 8.91. The molecule has 0 saturated carbocycles. The molecule has 0 atom stereocenters. The number of hydrogen-bond donors (Lipinski definition) is 2. The van der Waals surface area contributed by atoms with Gasteiger partial charge in [0.15, 0.2) is 0 Å². The third-order valence-corrected chi connectivity index (χ3v) is 4.18. The summed E-state index contributed by atoms with van der Waals surface area (Å²) in [5.41, 5.74) is 2.65. The van der Waals surface area contributed by atoms with Gasteiger partial charge in [0.25, 0.3) is 11.8 Å². The molecule has 142 valence electrons. The molecule has 0 aliphatic heterocycles. The van der Waals surface area contributed by atoms with Crippen molar-refractivity contribution in [1.29, 1.82) is 0 Å². The summed E-state index contributed by atoms with van der Waals surface area (Å²) in [4.78, 5) is 28.7. The number of aromatic nitrogens is 1. The molecule has 0 spiro atoms. The van der Waals surface area contributed by atoms with E-state index in [1.807, 2.05) is 6.07 Å². The Balaban J connectivity index is 1.53. The number of halogens is 1. The van der Waals surface area contributed by atoms with E-state index >= 15 is 0 Å². The molecule has 6 heteroatoms. The molecule has 2 amide bonds. The first-order valence-corrected chi connectivity index (χ1v) is 8.91. The second kappa shape index (κ2) is 9.41. The summed E-state index contributed by atoms with van der Waals surface area (Å²) < 4.78 is 12.9. The van der Waals surface area contributed by atoms with Crippen molar-refractivity contribution < 1.29 is 14.0 Å². The van der Waals surface area contributed by atoms with E-state index in [-0.39, 0.29) is 17.6 Å². The van der Waals surface area contributed by atoms with Gasteiger partial charge >= 0.3 is 0 Å². The lowest BCUT2D eigenvalue weighted by Crippen LogP contribution is -2.27. The fourth-order valence-electron chi connectivity index (χ4n) is 2.66. The Morgan fingerprint density at radius 2 is 1.57 bits per heavy atom. The number of rotatable bonds is 7. The van der Waals surface area contributed by atoms with Crippen molar-refractivity contribution in [1.82, 2.24) is 15.6 Å². The number of nitrogens with zero attached hydrogens (tertiary/aromatic N) is 1. The fourth-order valence-corrected chi connectivity index (χ4v) is 2.66. The predicted molar refractivity (Wildman–Crippen MR) is 104 cm³/mol. The third kappa shape index (κ3) is 5.48. The van der Waals surface area contributed by atoms with Crippen LogP contribution in [0.5, 0.6) is 0 Å². The van der Waals surface area contributed by atoms with Crippen molar-refractivity contribution in [3.8, 4) is 0 Å². The maximum absolute atomic E-state index is 12.9. The molecule has 1 heterocycles. The largest absolute Gasteiger partial charge is 0.352 e. The molecule has 0 radical (unpaired) electrons. The molecule has 2 aromatic carbocycles. The van der Waals surface area contributed by atoms with E-state index in [2.05, 4.69) is 15.6 Å². The van der Waals surface area contributed by atoms with Gasteiger partial charge in [0, 0.05) is 36.6 Å². The second-order valence-corrected chi connectivity index (χ2v) is 6.26. The van der Waals surface area contributed by atoms with Crippen LogP contribution in [-0.2, 0) is 13.0 Å². The van der Waals surface area contributed by atoms with Crippen molar-refractivity contribution in [2.75, 3.05) is 6.54 Å². The zero-order valence-electron chi connectivity index (χ0n) is 15.2. The normalized spacial score (nSPS) is 10.3. The molecular weight excluding hydrogens is 357 g/mol. The summed E-state index contributed by atoms with van der Waals surface area (Å²) in [6.45, 7) is 0.780. The van der Waals surface area contributed by atoms with Crippen LogP contribution in [0.25, 0.3) is 0 Å². The summed E-state index contributed by atoms with van der Waals surface area (Å²) in [5, 5.41) is 5.62. The average Bonchev–Trinajstić information content (AvgIpc) is 2.74. The predicted octanol–water partition coefficient (Wildman–Crippen LogP) is 3.12. The molecule has 0 bridgehead atoms. The first-order chi connectivity index (χ1) is 13.6. The van der Waals surface area contributed by atoms with Crippen LogP contribution in [0.2, 0.25) is 0 Å². The van der Waals surface area contributed by atoms with Gasteiger partial charge in [0.2, 0.25) is 0 Å². The number of pyridine rings is 1. The number of amides is 2. The van der Waals surface area contributed by atoms with E-state index in [1.165, 1.54) is 12.1 Å². The lowest BCUT2D eigenvalue weighted by atomic mass is 10.1. The average molecular weight is 377 g/mol. The van der Waals surface area contributed by atoms with Crippen LogP contribution in [0.3, 0.4) is 0 Å². The first kappa shape index (κ1) is 19.2. The Bertz CT molecular complexity index is 944. The highest BCUT2D eigenvalue weighted by molar-refractivity contribution is 5.99. The number of carbonyl (C=O) groups excluding carboxylic acids is 2. The highest BCUT2D eigenvalue weighted by atomic mass is 19.1. The molecule has 1 aromatic heterocycles. The molecule has 0 unspecified atom stereocenters. The minimum absolute atomic E-state index is 0.259. The van der Waals surface area contributed by atoms with Gasteiger partial charge in [-0.3, -0.25) is 14.6 Å². The highest BCUT2D eigenvalue weighted by Gasteiger charge is 2.10. The molecule has 5 nitrogen and oxygen atoms in total. The van der Waals surface area contributed by atoms with Crippen molar-refractivity contribution in [3.63, 3.8) is 0 Å². The molecule has 28 heavy (non-hydrogen) atoms. The number of hydrogen-bond acceptors (Lipinski definition) is 3. The van der Waals surface area contributed by atoms with Crippen LogP contribution in [0.1, 0.15) is 31.8 Å². The van der Waals surface area contributed by atoms with E-state index in [4.69, 9.17) is 0 Å². The Morgan fingerprint density at radius 1 is 0.857 bits per heavy atom. The van der Waals surface area contributed by atoms with Crippen LogP contribution in [-0.4, -0.2) is 23.3 Å². The molecule has 0 aliphatic rings. The molecule has 3 rings (SSSR count). The zero-order chi connectivity index (χ0) is 19.8.